The van der Waals surface area contributed by atoms with Gasteiger partial charge in [-0.15, -0.1) is 5.10 Å². The zero-order valence-electron chi connectivity index (χ0n) is 12.8. The number of hydrogen-bond donors (Lipinski definition) is 1. The molecule has 1 aromatic heterocycles. The maximum Gasteiger partial charge on any atom is 0.360 e. The second-order valence-electron chi connectivity index (χ2n) is 5.11. The number of aromatic nitrogens is 3. The molecule has 0 aromatic carbocycles. The minimum Gasteiger partial charge on any atom is -0.464 e. The first-order chi connectivity index (χ1) is 10.3. The van der Waals surface area contributed by atoms with Crippen molar-refractivity contribution in [2.45, 2.75) is 38.6 Å². The molecule has 0 spiro atoms. The van der Waals surface area contributed by atoms with E-state index < -0.39 is 0 Å². The summed E-state index contributed by atoms with van der Waals surface area (Å²) in [5.74, 6) is 2.20. The van der Waals surface area contributed by atoms with Crippen LogP contribution in [0.4, 0.5) is 0 Å². The molecule has 2 heterocycles. The second kappa shape index (κ2) is 8.38. The summed E-state index contributed by atoms with van der Waals surface area (Å²) in [6.45, 7) is 4.93. The summed E-state index contributed by atoms with van der Waals surface area (Å²) in [6.07, 6.45) is 3.07. The summed E-state index contributed by atoms with van der Waals surface area (Å²) in [4.78, 5) is 11.9. The van der Waals surface area contributed by atoms with Gasteiger partial charge in [-0.3, -0.25) is 0 Å². The lowest BCUT2D eigenvalue weighted by atomic mass is 9.93. The molecular formula is C14H24N4O2S. The average molecular weight is 312 g/mol. The number of carbonyl (C=O) groups is 1. The van der Waals surface area contributed by atoms with Crippen LogP contribution in [0, 0.1) is 0 Å². The van der Waals surface area contributed by atoms with Gasteiger partial charge in [-0.25, -0.2) is 9.48 Å². The van der Waals surface area contributed by atoms with Crippen LogP contribution in [0.25, 0.3) is 0 Å². The first-order valence-electron chi connectivity index (χ1n) is 7.58. The van der Waals surface area contributed by atoms with Gasteiger partial charge < -0.3 is 10.1 Å². The van der Waals surface area contributed by atoms with E-state index in [9.17, 15) is 4.79 Å². The van der Waals surface area contributed by atoms with Gasteiger partial charge in [0.15, 0.2) is 5.69 Å². The lowest BCUT2D eigenvalue weighted by molar-refractivity contribution is 0.0591. The minimum atomic E-state index is -0.377. The van der Waals surface area contributed by atoms with Gasteiger partial charge in [-0.1, -0.05) is 12.1 Å². The van der Waals surface area contributed by atoms with E-state index in [1.54, 1.807) is 0 Å². The second-order valence-corrected chi connectivity index (χ2v) is 6.51. The van der Waals surface area contributed by atoms with Crippen LogP contribution in [0.1, 0.15) is 48.3 Å². The lowest BCUT2D eigenvalue weighted by Crippen LogP contribution is -2.29. The van der Waals surface area contributed by atoms with E-state index in [2.05, 4.69) is 22.6 Å². The number of carbonyl (C=O) groups excluding carboxylic acids is 1. The SMILES string of the molecule is CCSCCCn1nnc(C(=O)OC)c1C1CCNCC1. The van der Waals surface area contributed by atoms with E-state index in [-0.39, 0.29) is 5.97 Å². The summed E-state index contributed by atoms with van der Waals surface area (Å²) >= 11 is 1.92. The molecule has 1 aliphatic rings. The van der Waals surface area contributed by atoms with Crippen LogP contribution >= 0.6 is 11.8 Å². The van der Waals surface area contributed by atoms with Crippen LogP contribution in [-0.2, 0) is 11.3 Å². The molecule has 1 saturated heterocycles. The Labute approximate surface area is 130 Å². The molecule has 0 amide bonds. The molecule has 6 nitrogen and oxygen atoms in total. The maximum absolute atomic E-state index is 11.9. The number of rotatable bonds is 7. The smallest absolute Gasteiger partial charge is 0.360 e. The zero-order valence-corrected chi connectivity index (χ0v) is 13.6. The number of nitrogens with one attached hydrogen (secondary N) is 1. The molecule has 21 heavy (non-hydrogen) atoms. The van der Waals surface area contributed by atoms with Crippen molar-refractivity contribution in [3.8, 4) is 0 Å². The van der Waals surface area contributed by atoms with Crippen LogP contribution < -0.4 is 5.32 Å². The van der Waals surface area contributed by atoms with Gasteiger partial charge in [0.05, 0.1) is 12.8 Å². The highest BCUT2D eigenvalue weighted by Gasteiger charge is 2.28. The molecule has 1 aromatic rings. The number of piperidine rings is 1. The molecule has 1 aliphatic heterocycles. The molecule has 1 N–H and O–H groups in total. The minimum absolute atomic E-state index is 0.342. The average Bonchev–Trinajstić information content (AvgIpc) is 2.95. The molecule has 1 fully saturated rings. The number of thioether (sulfide) groups is 1. The Balaban J connectivity index is 2.14. The van der Waals surface area contributed by atoms with Crippen LogP contribution in [0.2, 0.25) is 0 Å². The predicted molar refractivity (Wildman–Crippen MR) is 83.8 cm³/mol. The fraction of sp³-hybridized carbons (Fsp3) is 0.786. The van der Waals surface area contributed by atoms with E-state index >= 15 is 0 Å². The van der Waals surface area contributed by atoms with Crippen LogP contribution in [0.5, 0.6) is 0 Å². The van der Waals surface area contributed by atoms with Crippen LogP contribution in [0.15, 0.2) is 0 Å². The third kappa shape index (κ3) is 4.20. The Morgan fingerprint density at radius 1 is 1.48 bits per heavy atom. The van der Waals surface area contributed by atoms with Gasteiger partial charge in [0.2, 0.25) is 0 Å². The number of hydrogen-bond acceptors (Lipinski definition) is 6. The predicted octanol–water partition coefficient (Wildman–Crippen LogP) is 1.67. The number of nitrogens with zero attached hydrogens (tertiary/aromatic N) is 3. The quantitative estimate of drug-likeness (QED) is 0.610. The van der Waals surface area contributed by atoms with E-state index in [0.29, 0.717) is 11.6 Å². The van der Waals surface area contributed by atoms with Crippen molar-refractivity contribution in [2.24, 2.45) is 0 Å². The van der Waals surface area contributed by atoms with Crippen molar-refractivity contribution < 1.29 is 9.53 Å². The standard InChI is InChI=1S/C14H24N4O2S/c1-3-21-10-4-9-18-13(11-5-7-15-8-6-11)12(16-17-18)14(19)20-2/h11,15H,3-10H2,1-2H3. The molecule has 0 bridgehead atoms. The Morgan fingerprint density at radius 3 is 2.90 bits per heavy atom. The molecule has 0 saturated carbocycles. The highest BCUT2D eigenvalue weighted by molar-refractivity contribution is 7.99. The molecule has 2 rings (SSSR count). The van der Waals surface area contributed by atoms with Gasteiger partial charge in [0, 0.05) is 12.5 Å². The third-order valence-electron chi connectivity index (χ3n) is 3.74. The molecule has 0 unspecified atom stereocenters. The number of aryl methyl sites for hydroxylation is 1. The fourth-order valence-electron chi connectivity index (χ4n) is 2.69. The largest absolute Gasteiger partial charge is 0.464 e. The van der Waals surface area contributed by atoms with Crippen LogP contribution in [-0.4, -0.2) is 52.7 Å². The highest BCUT2D eigenvalue weighted by Crippen LogP contribution is 2.27. The summed E-state index contributed by atoms with van der Waals surface area (Å²) in [5.41, 5.74) is 1.36. The Hall–Kier alpha value is -1.08. The fourth-order valence-corrected chi connectivity index (χ4v) is 3.31. The van der Waals surface area contributed by atoms with E-state index in [0.717, 1.165) is 56.1 Å². The number of ether oxygens (including phenoxy) is 1. The Kier molecular flexibility index (Phi) is 6.50. The van der Waals surface area contributed by atoms with E-state index in [4.69, 9.17) is 4.74 Å². The first-order valence-corrected chi connectivity index (χ1v) is 8.73. The van der Waals surface area contributed by atoms with Crippen molar-refractivity contribution in [3.05, 3.63) is 11.4 Å². The van der Waals surface area contributed by atoms with Crippen molar-refractivity contribution >= 4 is 17.7 Å². The van der Waals surface area contributed by atoms with Crippen molar-refractivity contribution in [1.82, 2.24) is 20.3 Å². The van der Waals surface area contributed by atoms with Gasteiger partial charge in [-0.05, 0) is 43.9 Å². The van der Waals surface area contributed by atoms with Crippen LogP contribution in [0.3, 0.4) is 0 Å². The number of esters is 1. The first kappa shape index (κ1) is 16.3. The van der Waals surface area contributed by atoms with E-state index in [1.165, 1.54) is 7.11 Å². The highest BCUT2D eigenvalue weighted by atomic mass is 32.2. The summed E-state index contributed by atoms with van der Waals surface area (Å²) < 4.78 is 6.76. The third-order valence-corrected chi connectivity index (χ3v) is 4.73. The molecule has 0 atom stereocenters. The Bertz CT molecular complexity index is 458. The van der Waals surface area contributed by atoms with Crippen molar-refractivity contribution in [3.63, 3.8) is 0 Å². The van der Waals surface area contributed by atoms with Crippen molar-refractivity contribution in [2.75, 3.05) is 31.7 Å². The summed E-state index contributed by atoms with van der Waals surface area (Å²) in [6, 6.07) is 0. The maximum atomic E-state index is 11.9. The van der Waals surface area contributed by atoms with Gasteiger partial charge in [-0.2, -0.15) is 11.8 Å². The lowest BCUT2D eigenvalue weighted by Gasteiger charge is -2.23. The molecular weight excluding hydrogens is 288 g/mol. The summed E-state index contributed by atoms with van der Waals surface area (Å²) in [5, 5.41) is 11.6. The molecule has 7 heteroatoms. The Morgan fingerprint density at radius 2 is 2.24 bits per heavy atom. The molecule has 0 radical (unpaired) electrons. The monoisotopic (exact) mass is 312 g/mol. The molecule has 0 aliphatic carbocycles. The van der Waals surface area contributed by atoms with E-state index in [1.807, 2.05) is 16.4 Å². The van der Waals surface area contributed by atoms with Gasteiger partial charge in [0.1, 0.15) is 0 Å². The normalized spacial score (nSPS) is 16.1. The summed E-state index contributed by atoms with van der Waals surface area (Å²) in [7, 11) is 1.39. The number of methoxy groups -OCH3 is 1. The topological polar surface area (TPSA) is 69.0 Å². The molecule has 118 valence electrons. The zero-order chi connectivity index (χ0) is 15.1. The van der Waals surface area contributed by atoms with Gasteiger partial charge in [0.25, 0.3) is 0 Å². The van der Waals surface area contributed by atoms with Crippen molar-refractivity contribution in [1.29, 1.82) is 0 Å². The van der Waals surface area contributed by atoms with Gasteiger partial charge >= 0.3 is 5.97 Å².